The topological polar surface area (TPSA) is 0 Å². The van der Waals surface area contributed by atoms with Crippen molar-refractivity contribution >= 4 is 22.6 Å². The Labute approximate surface area is 145 Å². The highest BCUT2D eigenvalue weighted by Gasteiger charge is 2.53. The molecule has 21 heavy (non-hydrogen) atoms. The monoisotopic (exact) mass is 398 g/mol. The summed E-state index contributed by atoms with van der Waals surface area (Å²) in [6.45, 7) is 9.91. The minimum absolute atomic E-state index is 0.557. The van der Waals surface area contributed by atoms with Gasteiger partial charge in [-0.25, -0.2) is 0 Å². The van der Waals surface area contributed by atoms with Crippen molar-refractivity contribution in [2.45, 2.75) is 66.2 Å². The van der Waals surface area contributed by atoms with Gasteiger partial charge in [-0.05, 0) is 66.3 Å². The van der Waals surface area contributed by atoms with Crippen molar-refractivity contribution in [1.82, 2.24) is 0 Å². The Kier molecular flexibility index (Phi) is 4.36. The molecule has 4 atom stereocenters. The lowest BCUT2D eigenvalue weighted by Crippen LogP contribution is -2.50. The van der Waals surface area contributed by atoms with Crippen LogP contribution in [0.5, 0.6) is 0 Å². The third-order valence-electron chi connectivity index (χ3n) is 7.01. The van der Waals surface area contributed by atoms with Gasteiger partial charge < -0.3 is 0 Å². The molecule has 0 aliphatic heterocycles. The second-order valence-corrected chi connectivity index (χ2v) is 9.37. The highest BCUT2D eigenvalue weighted by molar-refractivity contribution is 14.1. The van der Waals surface area contributed by atoms with Crippen molar-refractivity contribution in [3.8, 4) is 0 Å². The van der Waals surface area contributed by atoms with Crippen LogP contribution in [0, 0.1) is 28.6 Å². The van der Waals surface area contributed by atoms with E-state index in [1.54, 1.807) is 11.1 Å². The molecule has 1 heteroatoms. The molecule has 0 heterocycles. The van der Waals surface area contributed by atoms with Crippen LogP contribution >= 0.6 is 22.6 Å². The van der Waals surface area contributed by atoms with Crippen LogP contribution in [0.25, 0.3) is 0 Å². The van der Waals surface area contributed by atoms with Gasteiger partial charge in [-0.1, -0.05) is 74.4 Å². The fourth-order valence-electron chi connectivity index (χ4n) is 5.63. The molecule has 0 aromatic heterocycles. The standard InChI is InChI=1S/C20H31I/c1-14(2)15-6-8-17-16(12-15)7-9-18-19(3,13-21)10-5-11-20(17,18)4/h7,12,14,17-18H,5-6,8-11,13H2,1-4H3/t17-,18-,19-,20+/m0/s1. The molecule has 1 fully saturated rings. The average molecular weight is 398 g/mol. The lowest BCUT2D eigenvalue weighted by atomic mass is 9.47. The van der Waals surface area contributed by atoms with Gasteiger partial charge >= 0.3 is 0 Å². The Morgan fingerprint density at radius 2 is 2.05 bits per heavy atom. The molecule has 0 spiro atoms. The Hall–Kier alpha value is 0.210. The van der Waals surface area contributed by atoms with Crippen molar-refractivity contribution in [2.24, 2.45) is 28.6 Å². The van der Waals surface area contributed by atoms with Crippen LogP contribution < -0.4 is 0 Å². The second-order valence-electron chi connectivity index (χ2n) is 8.60. The quantitative estimate of drug-likeness (QED) is 0.365. The molecule has 0 N–H and O–H groups in total. The van der Waals surface area contributed by atoms with E-state index in [0.717, 1.165) is 17.8 Å². The zero-order valence-electron chi connectivity index (χ0n) is 14.2. The maximum absolute atomic E-state index is 2.65. The summed E-state index contributed by atoms with van der Waals surface area (Å²) in [6, 6.07) is 0. The van der Waals surface area contributed by atoms with Gasteiger partial charge in [-0.2, -0.15) is 0 Å². The van der Waals surface area contributed by atoms with Gasteiger partial charge in [0, 0.05) is 4.43 Å². The molecule has 0 radical (unpaired) electrons. The molecular formula is C20H31I. The van der Waals surface area contributed by atoms with E-state index in [0.29, 0.717) is 10.8 Å². The zero-order valence-corrected chi connectivity index (χ0v) is 16.4. The van der Waals surface area contributed by atoms with Crippen molar-refractivity contribution in [2.75, 3.05) is 4.43 Å². The fraction of sp³-hybridized carbons (Fsp3) is 0.800. The molecule has 118 valence electrons. The zero-order chi connectivity index (χ0) is 15.3. The number of halogens is 1. The van der Waals surface area contributed by atoms with E-state index in [-0.39, 0.29) is 0 Å². The second kappa shape index (κ2) is 5.69. The molecule has 0 aromatic rings. The Morgan fingerprint density at radius 1 is 1.29 bits per heavy atom. The molecule has 0 nitrogen and oxygen atoms in total. The number of hydrogen-bond acceptors (Lipinski definition) is 0. The third kappa shape index (κ3) is 2.56. The van der Waals surface area contributed by atoms with Gasteiger partial charge in [0.05, 0.1) is 0 Å². The smallest absolute Gasteiger partial charge is 0.00523 e. The summed E-state index contributed by atoms with van der Waals surface area (Å²) in [5.74, 6) is 2.46. The van der Waals surface area contributed by atoms with Crippen LogP contribution in [0.15, 0.2) is 23.3 Å². The highest BCUT2D eigenvalue weighted by Crippen LogP contribution is 2.62. The van der Waals surface area contributed by atoms with Gasteiger partial charge in [0.25, 0.3) is 0 Å². The lowest BCUT2D eigenvalue weighted by molar-refractivity contribution is -0.0349. The van der Waals surface area contributed by atoms with Crippen LogP contribution in [-0.4, -0.2) is 4.43 Å². The van der Waals surface area contributed by atoms with E-state index in [1.807, 2.05) is 0 Å². The molecule has 0 amide bonds. The largest absolute Gasteiger partial charge is 0.0858 e. The van der Waals surface area contributed by atoms with Gasteiger partial charge in [0.15, 0.2) is 0 Å². The number of alkyl halides is 1. The molecule has 0 saturated heterocycles. The average Bonchev–Trinajstić information content (AvgIpc) is 2.46. The van der Waals surface area contributed by atoms with E-state index in [4.69, 9.17) is 0 Å². The minimum Gasteiger partial charge on any atom is -0.0858 e. The first-order valence-corrected chi connectivity index (χ1v) is 10.4. The maximum atomic E-state index is 2.65. The van der Waals surface area contributed by atoms with E-state index in [2.05, 4.69) is 62.4 Å². The Morgan fingerprint density at radius 3 is 2.71 bits per heavy atom. The number of hydrogen-bond donors (Lipinski definition) is 0. The van der Waals surface area contributed by atoms with Crippen LogP contribution in [0.2, 0.25) is 0 Å². The first-order valence-electron chi connectivity index (χ1n) is 8.87. The van der Waals surface area contributed by atoms with Crippen molar-refractivity contribution in [1.29, 1.82) is 0 Å². The fourth-order valence-corrected chi connectivity index (χ4v) is 6.55. The summed E-state index contributed by atoms with van der Waals surface area (Å²) in [6.07, 6.45) is 13.6. The molecule has 3 aliphatic rings. The molecule has 1 saturated carbocycles. The van der Waals surface area contributed by atoms with E-state index in [1.165, 1.54) is 43.0 Å². The normalized spacial score (nSPS) is 43.0. The summed E-state index contributed by atoms with van der Waals surface area (Å²) < 4.78 is 1.33. The predicted octanol–water partition coefficient (Wildman–Crippen LogP) is 6.56. The lowest BCUT2D eigenvalue weighted by Gasteiger charge is -2.58. The van der Waals surface area contributed by atoms with Crippen LogP contribution in [-0.2, 0) is 0 Å². The number of rotatable bonds is 2. The predicted molar refractivity (Wildman–Crippen MR) is 101 cm³/mol. The molecule has 0 aromatic carbocycles. The summed E-state index contributed by atoms with van der Waals surface area (Å²) in [7, 11) is 0. The van der Waals surface area contributed by atoms with Crippen LogP contribution in [0.3, 0.4) is 0 Å². The van der Waals surface area contributed by atoms with Crippen LogP contribution in [0.4, 0.5) is 0 Å². The van der Waals surface area contributed by atoms with Gasteiger partial charge in [-0.3, -0.25) is 0 Å². The summed E-state index contributed by atoms with van der Waals surface area (Å²) in [5, 5.41) is 0. The van der Waals surface area contributed by atoms with E-state index >= 15 is 0 Å². The molecular weight excluding hydrogens is 367 g/mol. The third-order valence-corrected chi connectivity index (χ3v) is 8.75. The number of allylic oxidation sites excluding steroid dienone is 4. The van der Waals surface area contributed by atoms with E-state index in [9.17, 15) is 0 Å². The van der Waals surface area contributed by atoms with E-state index < -0.39 is 0 Å². The minimum atomic E-state index is 0.557. The summed E-state index contributed by atoms with van der Waals surface area (Å²) in [4.78, 5) is 0. The Bertz CT molecular complexity index is 472. The molecule has 0 bridgehead atoms. The van der Waals surface area contributed by atoms with Crippen molar-refractivity contribution in [3.63, 3.8) is 0 Å². The highest BCUT2D eigenvalue weighted by atomic mass is 127. The summed E-state index contributed by atoms with van der Waals surface area (Å²) in [5.41, 5.74) is 4.51. The maximum Gasteiger partial charge on any atom is 0.00523 e. The molecule has 3 rings (SSSR count). The molecule has 0 unspecified atom stereocenters. The number of fused-ring (bicyclic) bond motifs is 3. The Balaban J connectivity index is 1.97. The SMILES string of the molecule is CC(C)C1=CC2=CC[C@H]3[C@](C)(CI)CCC[C@]3(C)[C@H]2CC1. The van der Waals surface area contributed by atoms with Gasteiger partial charge in [0.2, 0.25) is 0 Å². The van der Waals surface area contributed by atoms with Crippen LogP contribution in [0.1, 0.15) is 66.2 Å². The van der Waals surface area contributed by atoms with Gasteiger partial charge in [-0.15, -0.1) is 0 Å². The van der Waals surface area contributed by atoms with Crippen molar-refractivity contribution in [3.05, 3.63) is 23.3 Å². The first kappa shape index (κ1) is 16.1. The van der Waals surface area contributed by atoms with Gasteiger partial charge in [0.1, 0.15) is 0 Å². The van der Waals surface area contributed by atoms with Crippen molar-refractivity contribution < 1.29 is 0 Å². The summed E-state index contributed by atoms with van der Waals surface area (Å²) >= 11 is 2.65. The first-order chi connectivity index (χ1) is 9.90. The molecule has 3 aliphatic carbocycles.